The molecule has 0 saturated carbocycles. The van der Waals surface area contributed by atoms with Gasteiger partial charge in [-0.1, -0.05) is 188 Å². The minimum atomic E-state index is 0.317. The Morgan fingerprint density at radius 1 is 0.462 bits per heavy atom. The van der Waals surface area contributed by atoms with Gasteiger partial charge in [0.05, 0.1) is 0 Å². The van der Waals surface area contributed by atoms with Crippen LogP contribution in [0.25, 0.3) is 0 Å². The van der Waals surface area contributed by atoms with E-state index in [2.05, 4.69) is 111 Å². The Morgan fingerprint density at radius 2 is 0.795 bits per heavy atom. The first-order valence-electron chi connectivity index (χ1n) is 17.7. The van der Waals surface area contributed by atoms with Gasteiger partial charge in [0, 0.05) is 6.61 Å². The van der Waals surface area contributed by atoms with Crippen molar-refractivity contribution in [3.63, 3.8) is 0 Å². The van der Waals surface area contributed by atoms with Gasteiger partial charge in [-0.3, -0.25) is 0 Å². The molecule has 0 radical (unpaired) electrons. The Balaban J connectivity index is -0.000000124. The van der Waals surface area contributed by atoms with Crippen LogP contribution in [0.4, 0.5) is 0 Å². The summed E-state index contributed by atoms with van der Waals surface area (Å²) in [7, 11) is 0. The fourth-order valence-corrected chi connectivity index (χ4v) is 4.32. The summed E-state index contributed by atoms with van der Waals surface area (Å²) in [4.78, 5) is 0. The molecule has 0 aliphatic carbocycles. The van der Waals surface area contributed by atoms with Crippen LogP contribution in [0, 0.1) is 40.9 Å². The lowest BCUT2D eigenvalue weighted by atomic mass is 9.84. The van der Waals surface area contributed by atoms with Gasteiger partial charge in [0.1, 0.15) is 0 Å². The molecular formula is C38H86O. The van der Waals surface area contributed by atoms with Gasteiger partial charge in [0.15, 0.2) is 0 Å². The lowest BCUT2D eigenvalue weighted by Gasteiger charge is -2.22. The van der Waals surface area contributed by atoms with Gasteiger partial charge in [-0.25, -0.2) is 0 Å². The van der Waals surface area contributed by atoms with E-state index in [1.165, 1.54) is 83.5 Å². The van der Waals surface area contributed by atoms with Gasteiger partial charge < -0.3 is 5.11 Å². The molecule has 244 valence electrons. The first kappa shape index (κ1) is 48.7. The third-order valence-electron chi connectivity index (χ3n) is 8.58. The molecule has 0 saturated heterocycles. The van der Waals surface area contributed by atoms with Crippen molar-refractivity contribution in [2.45, 2.75) is 201 Å². The van der Waals surface area contributed by atoms with Crippen molar-refractivity contribution >= 4 is 0 Å². The van der Waals surface area contributed by atoms with E-state index in [0.29, 0.717) is 23.9 Å². The van der Waals surface area contributed by atoms with Crippen LogP contribution in [0.5, 0.6) is 0 Å². The molecule has 39 heavy (non-hydrogen) atoms. The smallest absolute Gasteiger partial charge is 0.0459 e. The molecule has 0 aromatic rings. The summed E-state index contributed by atoms with van der Waals surface area (Å²) in [5.41, 5.74) is 0.601. The summed E-state index contributed by atoms with van der Waals surface area (Å²) < 4.78 is 0. The third-order valence-corrected chi connectivity index (χ3v) is 8.58. The zero-order valence-corrected chi connectivity index (χ0v) is 31.3. The lowest BCUT2D eigenvalue weighted by molar-refractivity contribution is 0.203. The van der Waals surface area contributed by atoms with E-state index >= 15 is 0 Å². The molecule has 0 bridgehead atoms. The fraction of sp³-hybridized carbons (Fsp3) is 1.00. The van der Waals surface area contributed by atoms with E-state index in [0.717, 1.165) is 23.7 Å². The van der Waals surface area contributed by atoms with Crippen LogP contribution in [0.15, 0.2) is 0 Å². The minimum absolute atomic E-state index is 0.317. The third kappa shape index (κ3) is 45.2. The van der Waals surface area contributed by atoms with E-state index < -0.39 is 0 Å². The number of hydrogen-bond acceptors (Lipinski definition) is 1. The van der Waals surface area contributed by atoms with Gasteiger partial charge >= 0.3 is 0 Å². The molecular weight excluding hydrogens is 472 g/mol. The Kier molecular flexibility index (Phi) is 44.9. The van der Waals surface area contributed by atoms with Crippen molar-refractivity contribution in [2.24, 2.45) is 40.9 Å². The molecule has 1 heteroatoms. The van der Waals surface area contributed by atoms with Crippen molar-refractivity contribution in [1.29, 1.82) is 0 Å². The monoisotopic (exact) mass is 559 g/mol. The molecule has 1 N–H and O–H groups in total. The maximum absolute atomic E-state index is 8.51. The Hall–Kier alpha value is -0.0400. The Morgan fingerprint density at radius 3 is 0.949 bits per heavy atom. The molecule has 0 aromatic heterocycles. The largest absolute Gasteiger partial charge is 0.396 e. The van der Waals surface area contributed by atoms with E-state index in [4.69, 9.17) is 5.11 Å². The summed E-state index contributed by atoms with van der Waals surface area (Å²) in [6.07, 6.45) is 17.7. The molecule has 1 nitrogen and oxygen atoms in total. The van der Waals surface area contributed by atoms with Gasteiger partial charge in [-0.2, -0.15) is 0 Å². The van der Waals surface area contributed by atoms with Gasteiger partial charge in [0.2, 0.25) is 0 Å². The molecule has 0 aromatic carbocycles. The summed E-state index contributed by atoms with van der Waals surface area (Å²) in [6.45, 7) is 38.7. The van der Waals surface area contributed by atoms with E-state index in [1.54, 1.807) is 0 Å². The van der Waals surface area contributed by atoms with Crippen LogP contribution < -0.4 is 0 Å². The van der Waals surface area contributed by atoms with E-state index in [1.807, 2.05) is 6.92 Å². The predicted molar refractivity (Wildman–Crippen MR) is 187 cm³/mol. The number of rotatable bonds is 16. The second-order valence-corrected chi connectivity index (χ2v) is 13.8. The molecule has 0 rings (SSSR count). The average molecular weight is 559 g/mol. The molecule has 4 atom stereocenters. The normalized spacial score (nSPS) is 13.8. The highest BCUT2D eigenvalue weighted by atomic mass is 16.3. The highest BCUT2D eigenvalue weighted by molar-refractivity contribution is 4.66. The number of aliphatic hydroxyl groups excluding tert-OH is 1. The molecule has 0 aliphatic heterocycles. The van der Waals surface area contributed by atoms with Gasteiger partial charge in [0.25, 0.3) is 0 Å². The summed E-state index contributed by atoms with van der Waals surface area (Å²) in [5, 5.41) is 8.51. The summed E-state index contributed by atoms with van der Waals surface area (Å²) in [6, 6.07) is 0. The van der Waals surface area contributed by atoms with E-state index in [9.17, 15) is 0 Å². The predicted octanol–water partition coefficient (Wildman–Crippen LogP) is 14.0. The first-order chi connectivity index (χ1) is 18.1. The van der Waals surface area contributed by atoms with Crippen LogP contribution >= 0.6 is 0 Å². The quantitative estimate of drug-likeness (QED) is 0.200. The van der Waals surface area contributed by atoms with Crippen molar-refractivity contribution in [1.82, 2.24) is 0 Å². The fourth-order valence-electron chi connectivity index (χ4n) is 4.32. The SMILES string of the molecule is CC(C)C(C)CO.CCC(C)[C@H](C)CC.CCCC(C)(C)CCC.CCCC(C)CCC.CCC[C@H](C)CC. The van der Waals surface area contributed by atoms with Crippen molar-refractivity contribution < 1.29 is 5.11 Å². The maximum atomic E-state index is 8.51. The summed E-state index contributed by atoms with van der Waals surface area (Å²) >= 11 is 0. The molecule has 0 fully saturated rings. The molecule has 0 spiro atoms. The molecule has 2 unspecified atom stereocenters. The Bertz CT molecular complexity index is 378. The average Bonchev–Trinajstić information content (AvgIpc) is 2.88. The van der Waals surface area contributed by atoms with Crippen LogP contribution in [0.2, 0.25) is 0 Å². The first-order valence-corrected chi connectivity index (χ1v) is 17.7. The zero-order chi connectivity index (χ0) is 31.9. The molecule has 0 aliphatic rings. The van der Waals surface area contributed by atoms with E-state index in [-0.39, 0.29) is 0 Å². The molecule has 0 heterocycles. The number of aliphatic hydroxyl groups is 1. The second-order valence-electron chi connectivity index (χ2n) is 13.8. The van der Waals surface area contributed by atoms with Crippen LogP contribution in [0.3, 0.4) is 0 Å². The number of hydrogen-bond donors (Lipinski definition) is 1. The van der Waals surface area contributed by atoms with Gasteiger partial charge in [-0.05, 0) is 53.8 Å². The van der Waals surface area contributed by atoms with Crippen LogP contribution in [-0.2, 0) is 0 Å². The second kappa shape index (κ2) is 36.0. The topological polar surface area (TPSA) is 20.2 Å². The van der Waals surface area contributed by atoms with Gasteiger partial charge in [-0.15, -0.1) is 0 Å². The molecule has 0 amide bonds. The zero-order valence-electron chi connectivity index (χ0n) is 31.3. The van der Waals surface area contributed by atoms with Crippen molar-refractivity contribution in [3.8, 4) is 0 Å². The Labute approximate surface area is 253 Å². The van der Waals surface area contributed by atoms with Crippen molar-refractivity contribution in [3.05, 3.63) is 0 Å². The highest BCUT2D eigenvalue weighted by Gasteiger charge is 2.13. The van der Waals surface area contributed by atoms with Crippen molar-refractivity contribution in [2.75, 3.05) is 6.61 Å². The van der Waals surface area contributed by atoms with Crippen LogP contribution in [0.1, 0.15) is 201 Å². The maximum Gasteiger partial charge on any atom is 0.0459 e. The highest BCUT2D eigenvalue weighted by Crippen LogP contribution is 2.27. The minimum Gasteiger partial charge on any atom is -0.396 e. The van der Waals surface area contributed by atoms with Crippen LogP contribution in [-0.4, -0.2) is 11.7 Å². The summed E-state index contributed by atoms with van der Waals surface area (Å²) in [5.74, 6) is 4.82. The lowest BCUT2D eigenvalue weighted by Crippen LogP contribution is -2.09. The standard InChI is InChI=1S/C9H20.2C8H18.C7H16.C6H14O/c1-5-7-9(3,4)8-6-2;1-5-7(3)8(4)6-2;1-4-6-8(3)7-5-2;1-4-6-7(3)5-2;1-5(2)6(3)4-7/h5-8H2,1-4H3;7-8H,5-6H2,1-4H3;8H,4-7H2,1-3H3;7H,4-6H2,1-3H3;5-7H,4H2,1-3H3/t;7-,8?;;7-;/m.1.1./s1.